The molecule has 0 amide bonds. The molecule has 3 aromatic rings. The van der Waals surface area contributed by atoms with Gasteiger partial charge in [0.05, 0.1) is 34.3 Å². The Kier molecular flexibility index (Phi) is 8.70. The second-order valence-electron chi connectivity index (χ2n) is 15.5. The third kappa shape index (κ3) is 5.25. The normalized spacial score (nSPS) is 28.5. The van der Waals surface area contributed by atoms with Gasteiger partial charge < -0.3 is 9.16 Å². The van der Waals surface area contributed by atoms with Crippen LogP contribution in [0.4, 0.5) is 0 Å². The van der Waals surface area contributed by atoms with Crippen LogP contribution in [-0.4, -0.2) is 47.1 Å². The topological polar surface area (TPSA) is 93.5 Å². The number of carbonyl (C=O) groups excluding carboxylic acids is 1. The zero-order valence-corrected chi connectivity index (χ0v) is 30.1. The number of fused-ring (bicyclic) bond motifs is 1. The number of rotatable bonds is 10. The highest BCUT2D eigenvalue weighted by molar-refractivity contribution is 7.91. The van der Waals surface area contributed by atoms with Crippen LogP contribution in [0.15, 0.2) is 95.9 Å². The molecule has 0 unspecified atom stereocenters. The fraction of sp³-hybridized carbons (Fsp3) is 0.487. The first kappa shape index (κ1) is 33.8. The van der Waals surface area contributed by atoms with Crippen molar-refractivity contribution in [1.82, 2.24) is 0 Å². The number of Topliss-reactive ketones (excluding diaryl/α,β-unsaturated/α-hetero) is 1. The van der Waals surface area contributed by atoms with E-state index in [4.69, 9.17) is 9.16 Å². The molecule has 0 N–H and O–H groups in total. The maximum Gasteiger partial charge on any atom is 0.261 e. The zero-order valence-electron chi connectivity index (χ0n) is 28.2. The molecule has 8 heteroatoms. The molecule has 5 atom stereocenters. The number of hydrogen-bond acceptors (Lipinski definition) is 6. The Morgan fingerprint density at radius 2 is 1.49 bits per heavy atom. The Morgan fingerprint density at radius 1 is 0.936 bits per heavy atom. The number of ketones is 1. The fourth-order valence-electron chi connectivity index (χ4n) is 9.58. The lowest BCUT2D eigenvalue weighted by Crippen LogP contribution is -2.75. The van der Waals surface area contributed by atoms with E-state index in [-0.39, 0.29) is 33.8 Å². The first-order valence-corrected chi connectivity index (χ1v) is 20.4. The summed E-state index contributed by atoms with van der Waals surface area (Å²) in [7, 11) is -6.48. The van der Waals surface area contributed by atoms with E-state index in [1.54, 1.807) is 30.3 Å². The summed E-state index contributed by atoms with van der Waals surface area (Å²) in [5.74, 6) is -0.198. The van der Waals surface area contributed by atoms with Crippen molar-refractivity contribution < 1.29 is 22.4 Å². The molecule has 0 spiro atoms. The summed E-state index contributed by atoms with van der Waals surface area (Å²) in [6.45, 7) is 11.4. The van der Waals surface area contributed by atoms with E-state index in [1.165, 1.54) is 10.4 Å². The van der Waals surface area contributed by atoms with Gasteiger partial charge in [0, 0.05) is 24.9 Å². The lowest BCUT2D eigenvalue weighted by atomic mass is 9.37. The van der Waals surface area contributed by atoms with E-state index in [0.717, 1.165) is 0 Å². The molecule has 2 saturated carbocycles. The van der Waals surface area contributed by atoms with Crippen molar-refractivity contribution in [2.75, 3.05) is 12.4 Å². The smallest absolute Gasteiger partial charge is 0.261 e. The number of nitriles is 1. The summed E-state index contributed by atoms with van der Waals surface area (Å²) in [5.41, 5.74) is -1.79. The van der Waals surface area contributed by atoms with Crippen LogP contribution in [0.1, 0.15) is 66.7 Å². The van der Waals surface area contributed by atoms with Gasteiger partial charge in [0.1, 0.15) is 5.78 Å². The molecule has 2 heterocycles. The van der Waals surface area contributed by atoms with Crippen molar-refractivity contribution in [2.45, 2.75) is 88.9 Å². The number of nitrogens with zero attached hydrogens (tertiary/aromatic N) is 1. The number of hydrogen-bond donors (Lipinski definition) is 0. The predicted molar refractivity (Wildman–Crippen MR) is 187 cm³/mol. The molecule has 6 nitrogen and oxygen atoms in total. The summed E-state index contributed by atoms with van der Waals surface area (Å²) in [5, 5.41) is 12.3. The third-order valence-electron chi connectivity index (χ3n) is 12.1. The first-order chi connectivity index (χ1) is 22.3. The third-order valence-corrected chi connectivity index (χ3v) is 18.9. The molecule has 248 valence electrons. The Bertz CT molecular complexity index is 1710. The molecule has 2 saturated heterocycles. The monoisotopic (exact) mass is 669 g/mol. The average molecular weight is 670 g/mol. The SMILES string of the molecule is CC1(C)[C@H]2C[C@@]3(CCO[Si](c4ccccc4)(c4ccccc4)C(C)(C)C)C(=O)CC[C@]1(CC#N)[C@H]3O[C@H]2CS(=O)(=O)c1ccccc1. The quantitative estimate of drug-likeness (QED) is 0.229. The van der Waals surface area contributed by atoms with Crippen molar-refractivity contribution in [3.63, 3.8) is 0 Å². The summed E-state index contributed by atoms with van der Waals surface area (Å²) >= 11 is 0. The molecule has 7 rings (SSSR count). The van der Waals surface area contributed by atoms with E-state index in [9.17, 15) is 18.5 Å². The lowest BCUT2D eigenvalue weighted by molar-refractivity contribution is -0.312. The van der Waals surface area contributed by atoms with Crippen LogP contribution in [0.5, 0.6) is 0 Å². The molecule has 47 heavy (non-hydrogen) atoms. The lowest BCUT2D eigenvalue weighted by Gasteiger charge is -2.71. The molecule has 4 aliphatic rings. The highest BCUT2D eigenvalue weighted by Crippen LogP contribution is 2.71. The molecule has 2 aliphatic carbocycles. The molecular formula is C39H47NO5SSi. The number of ether oxygens (including phenoxy) is 1. The first-order valence-electron chi connectivity index (χ1n) is 16.8. The molecular weight excluding hydrogens is 623 g/mol. The Labute approximate surface area is 281 Å². The maximum absolute atomic E-state index is 14.3. The van der Waals surface area contributed by atoms with Gasteiger partial charge >= 0.3 is 0 Å². The van der Waals surface area contributed by atoms with Crippen LogP contribution in [-0.2, 0) is 23.8 Å². The summed E-state index contributed by atoms with van der Waals surface area (Å²) in [6.07, 6.45) is 1.11. The van der Waals surface area contributed by atoms with Crippen LogP contribution in [0, 0.1) is 33.5 Å². The van der Waals surface area contributed by atoms with Gasteiger partial charge in [0.2, 0.25) is 0 Å². The van der Waals surface area contributed by atoms with Gasteiger partial charge in [-0.2, -0.15) is 5.26 Å². The van der Waals surface area contributed by atoms with Crippen LogP contribution in [0.25, 0.3) is 0 Å². The highest BCUT2D eigenvalue weighted by atomic mass is 32.2. The zero-order chi connectivity index (χ0) is 33.7. The fourth-order valence-corrected chi connectivity index (χ4v) is 15.7. The second-order valence-corrected chi connectivity index (χ2v) is 21.9. The van der Waals surface area contributed by atoms with Gasteiger partial charge in [-0.3, -0.25) is 4.79 Å². The average Bonchev–Trinajstić information content (AvgIpc) is 3.04. The molecule has 0 radical (unpaired) electrons. The van der Waals surface area contributed by atoms with Crippen molar-refractivity contribution >= 4 is 34.3 Å². The summed E-state index contributed by atoms with van der Waals surface area (Å²) in [6, 6.07) is 31.9. The van der Waals surface area contributed by atoms with Crippen LogP contribution in [0.3, 0.4) is 0 Å². The molecule has 4 bridgehead atoms. The van der Waals surface area contributed by atoms with Crippen LogP contribution < -0.4 is 10.4 Å². The van der Waals surface area contributed by atoms with E-state index in [0.29, 0.717) is 32.3 Å². The highest BCUT2D eigenvalue weighted by Gasteiger charge is 2.74. The molecule has 3 aromatic carbocycles. The van der Waals surface area contributed by atoms with Crippen LogP contribution >= 0.6 is 0 Å². The van der Waals surface area contributed by atoms with Crippen molar-refractivity contribution in [2.24, 2.45) is 22.2 Å². The molecule has 2 aliphatic heterocycles. The van der Waals surface area contributed by atoms with Gasteiger partial charge in [0.15, 0.2) is 9.84 Å². The largest absolute Gasteiger partial charge is 0.407 e. The predicted octanol–water partition coefficient (Wildman–Crippen LogP) is 6.49. The molecule has 0 aromatic heterocycles. The van der Waals surface area contributed by atoms with E-state index in [2.05, 4.69) is 89.2 Å². The number of sulfone groups is 1. The minimum absolute atomic E-state index is 0.146. The van der Waals surface area contributed by atoms with Gasteiger partial charge in [-0.25, -0.2) is 8.42 Å². The Hall–Kier alpha value is -3.09. The van der Waals surface area contributed by atoms with Gasteiger partial charge in [-0.05, 0) is 58.1 Å². The Morgan fingerprint density at radius 3 is 2.02 bits per heavy atom. The van der Waals surface area contributed by atoms with E-state index < -0.39 is 46.6 Å². The minimum Gasteiger partial charge on any atom is -0.407 e. The van der Waals surface area contributed by atoms with E-state index in [1.807, 2.05) is 12.1 Å². The van der Waals surface area contributed by atoms with Crippen LogP contribution in [0.2, 0.25) is 5.04 Å². The molecule has 4 fully saturated rings. The minimum atomic E-state index is -3.63. The van der Waals surface area contributed by atoms with Crippen molar-refractivity contribution in [3.05, 3.63) is 91.0 Å². The maximum atomic E-state index is 14.3. The van der Waals surface area contributed by atoms with Crippen molar-refractivity contribution in [3.8, 4) is 6.07 Å². The summed E-state index contributed by atoms with van der Waals surface area (Å²) < 4.78 is 41.4. The van der Waals surface area contributed by atoms with E-state index >= 15 is 0 Å². The Balaban J connectivity index is 1.37. The summed E-state index contributed by atoms with van der Waals surface area (Å²) in [4.78, 5) is 14.5. The van der Waals surface area contributed by atoms with Gasteiger partial charge in [-0.15, -0.1) is 0 Å². The van der Waals surface area contributed by atoms with Gasteiger partial charge in [-0.1, -0.05) is 113 Å². The standard InChI is InChI=1S/C39H47NO5SSi/c1-36(2,3)47(30-17-11-7-12-18-30,31-19-13-8-14-20-31)44-26-24-38-27-32-33(28-46(42,43)29-15-9-6-10-16-29)45-35(38)39(23-25-40,37(32,4)5)22-21-34(38)41/h6-20,32-33,35H,21-24,26-28H2,1-5H3/t32-,33-,35-,38-,39-/m0/s1. The van der Waals surface area contributed by atoms with Gasteiger partial charge in [0.25, 0.3) is 8.32 Å². The number of benzene rings is 3. The second kappa shape index (κ2) is 12.1. The number of carbonyl (C=O) groups is 1. The van der Waals surface area contributed by atoms with Crippen molar-refractivity contribution in [1.29, 1.82) is 5.26 Å².